The number of likely N-dealkylation sites (tertiary alicyclic amines) is 1. The molecule has 3 rings (SSSR count). The number of hydrogen-bond acceptors (Lipinski definition) is 2. The van der Waals surface area contributed by atoms with E-state index < -0.39 is 0 Å². The fraction of sp³-hybridized carbons (Fsp3) is 0.417. The first kappa shape index (κ1) is 10.7. The molecule has 0 saturated carbocycles. The van der Waals surface area contributed by atoms with Crippen LogP contribution in [0.15, 0.2) is 23.2 Å². The van der Waals surface area contributed by atoms with Gasteiger partial charge < -0.3 is 15.4 Å². The zero-order valence-electron chi connectivity index (χ0n) is 9.40. The summed E-state index contributed by atoms with van der Waals surface area (Å²) >= 11 is 6.17. The summed E-state index contributed by atoms with van der Waals surface area (Å²) in [6.07, 6.45) is 1.19. The Hall–Kier alpha value is -1.42. The van der Waals surface area contributed by atoms with E-state index >= 15 is 0 Å². The summed E-state index contributed by atoms with van der Waals surface area (Å²) in [4.78, 5) is 6.58. The van der Waals surface area contributed by atoms with Crippen molar-refractivity contribution < 1.29 is 4.74 Å². The zero-order valence-corrected chi connectivity index (χ0v) is 10.2. The minimum Gasteiger partial charge on any atom is -0.491 e. The molecule has 0 spiro atoms. The smallest absolute Gasteiger partial charge is 0.191 e. The van der Waals surface area contributed by atoms with E-state index in [2.05, 4.69) is 9.89 Å². The van der Waals surface area contributed by atoms with Crippen LogP contribution in [0.25, 0.3) is 0 Å². The largest absolute Gasteiger partial charge is 0.491 e. The fourth-order valence-corrected chi connectivity index (χ4v) is 2.40. The highest BCUT2D eigenvalue weighted by Crippen LogP contribution is 2.39. The SMILES string of the molecule is NC(=NC1COc2cccc(Cl)c21)N1CCC1. The van der Waals surface area contributed by atoms with Crippen molar-refractivity contribution in [1.29, 1.82) is 0 Å². The lowest BCUT2D eigenvalue weighted by atomic mass is 10.1. The van der Waals surface area contributed by atoms with Crippen molar-refractivity contribution >= 4 is 17.6 Å². The van der Waals surface area contributed by atoms with Gasteiger partial charge in [0.2, 0.25) is 0 Å². The Morgan fingerprint density at radius 2 is 2.29 bits per heavy atom. The fourth-order valence-electron chi connectivity index (χ4n) is 2.11. The molecule has 5 heteroatoms. The van der Waals surface area contributed by atoms with E-state index in [1.807, 2.05) is 18.2 Å². The van der Waals surface area contributed by atoms with Gasteiger partial charge in [-0.15, -0.1) is 0 Å². The van der Waals surface area contributed by atoms with Gasteiger partial charge in [0.15, 0.2) is 5.96 Å². The first-order valence-electron chi connectivity index (χ1n) is 5.75. The molecule has 1 saturated heterocycles. The maximum atomic E-state index is 6.17. The van der Waals surface area contributed by atoms with Gasteiger partial charge in [-0.3, -0.25) is 0 Å². The van der Waals surface area contributed by atoms with Crippen molar-refractivity contribution in [3.05, 3.63) is 28.8 Å². The van der Waals surface area contributed by atoms with Gasteiger partial charge in [-0.05, 0) is 18.6 Å². The highest BCUT2D eigenvalue weighted by atomic mass is 35.5. The lowest BCUT2D eigenvalue weighted by Gasteiger charge is -2.32. The van der Waals surface area contributed by atoms with Crippen LogP contribution in [0.1, 0.15) is 18.0 Å². The van der Waals surface area contributed by atoms with Gasteiger partial charge in [0, 0.05) is 23.7 Å². The number of rotatable bonds is 1. The number of guanidine groups is 1. The van der Waals surface area contributed by atoms with E-state index in [0.717, 1.165) is 24.4 Å². The molecule has 1 aromatic rings. The Bertz CT molecular complexity index is 471. The molecule has 2 aliphatic rings. The maximum absolute atomic E-state index is 6.17. The lowest BCUT2D eigenvalue weighted by Crippen LogP contribution is -2.46. The second kappa shape index (κ2) is 4.11. The second-order valence-electron chi connectivity index (χ2n) is 4.31. The first-order valence-corrected chi connectivity index (χ1v) is 6.13. The van der Waals surface area contributed by atoms with Crippen LogP contribution in [0.4, 0.5) is 0 Å². The van der Waals surface area contributed by atoms with Gasteiger partial charge >= 0.3 is 0 Å². The second-order valence-corrected chi connectivity index (χ2v) is 4.71. The lowest BCUT2D eigenvalue weighted by molar-refractivity contribution is 0.290. The molecule has 1 unspecified atom stereocenters. The molecule has 1 atom stereocenters. The van der Waals surface area contributed by atoms with Crippen LogP contribution in [0.3, 0.4) is 0 Å². The highest BCUT2D eigenvalue weighted by Gasteiger charge is 2.27. The van der Waals surface area contributed by atoms with Crippen molar-refractivity contribution in [3.63, 3.8) is 0 Å². The number of nitrogens with zero attached hydrogens (tertiary/aromatic N) is 2. The Kier molecular flexibility index (Phi) is 2.59. The molecule has 1 aromatic carbocycles. The van der Waals surface area contributed by atoms with E-state index in [9.17, 15) is 0 Å². The Morgan fingerprint density at radius 3 is 3.00 bits per heavy atom. The monoisotopic (exact) mass is 251 g/mol. The predicted molar refractivity (Wildman–Crippen MR) is 67.5 cm³/mol. The zero-order chi connectivity index (χ0) is 11.8. The van der Waals surface area contributed by atoms with Crippen molar-refractivity contribution in [3.8, 4) is 5.75 Å². The van der Waals surface area contributed by atoms with Crippen LogP contribution in [0, 0.1) is 0 Å². The summed E-state index contributed by atoms with van der Waals surface area (Å²) < 4.78 is 5.56. The number of halogens is 1. The molecule has 90 valence electrons. The Labute approximate surface area is 105 Å². The van der Waals surface area contributed by atoms with Crippen LogP contribution in [0.2, 0.25) is 5.02 Å². The van der Waals surface area contributed by atoms with Crippen molar-refractivity contribution in [2.75, 3.05) is 19.7 Å². The number of fused-ring (bicyclic) bond motifs is 1. The van der Waals surface area contributed by atoms with Crippen LogP contribution in [-0.2, 0) is 0 Å². The van der Waals surface area contributed by atoms with Crippen molar-refractivity contribution in [2.24, 2.45) is 10.7 Å². The number of hydrogen-bond donors (Lipinski definition) is 1. The molecule has 2 N–H and O–H groups in total. The molecule has 0 bridgehead atoms. The predicted octanol–water partition coefficient (Wildman–Crippen LogP) is 1.79. The van der Waals surface area contributed by atoms with E-state index in [0.29, 0.717) is 17.6 Å². The quantitative estimate of drug-likeness (QED) is 0.612. The Balaban J connectivity index is 1.88. The topological polar surface area (TPSA) is 50.9 Å². The summed E-state index contributed by atoms with van der Waals surface area (Å²) in [5.74, 6) is 1.42. The first-order chi connectivity index (χ1) is 8.25. The molecule has 17 heavy (non-hydrogen) atoms. The minimum atomic E-state index is -0.0701. The maximum Gasteiger partial charge on any atom is 0.191 e. The van der Waals surface area contributed by atoms with Crippen LogP contribution >= 0.6 is 11.6 Å². The van der Waals surface area contributed by atoms with Gasteiger partial charge in [-0.25, -0.2) is 4.99 Å². The number of nitrogens with two attached hydrogens (primary N) is 1. The average Bonchev–Trinajstić information content (AvgIpc) is 2.60. The molecule has 2 aliphatic heterocycles. The molecule has 0 amide bonds. The van der Waals surface area contributed by atoms with E-state index in [-0.39, 0.29) is 6.04 Å². The third kappa shape index (κ3) is 1.82. The Morgan fingerprint density at radius 1 is 1.47 bits per heavy atom. The van der Waals surface area contributed by atoms with Crippen LogP contribution in [0.5, 0.6) is 5.75 Å². The number of aliphatic imine (C=N–C) groups is 1. The normalized spacial score (nSPS) is 23.0. The van der Waals surface area contributed by atoms with Gasteiger partial charge in [0.05, 0.1) is 0 Å². The molecular weight excluding hydrogens is 238 g/mol. The number of ether oxygens (including phenoxy) is 1. The van der Waals surface area contributed by atoms with Crippen LogP contribution in [-0.4, -0.2) is 30.6 Å². The van der Waals surface area contributed by atoms with Crippen LogP contribution < -0.4 is 10.5 Å². The molecule has 2 heterocycles. The van der Waals surface area contributed by atoms with Crippen molar-refractivity contribution in [1.82, 2.24) is 4.90 Å². The average molecular weight is 252 g/mol. The van der Waals surface area contributed by atoms with Crippen molar-refractivity contribution in [2.45, 2.75) is 12.5 Å². The van der Waals surface area contributed by atoms with E-state index in [4.69, 9.17) is 22.1 Å². The molecule has 0 aromatic heterocycles. The summed E-state index contributed by atoms with van der Waals surface area (Å²) in [5, 5.41) is 0.699. The molecule has 0 radical (unpaired) electrons. The standard InChI is InChI=1S/C12H14ClN3O/c13-8-3-1-4-10-11(8)9(7-17-10)15-12(14)16-5-2-6-16/h1,3-4,9H,2,5-7H2,(H2,14,15). The number of benzene rings is 1. The van der Waals surface area contributed by atoms with E-state index in [1.165, 1.54) is 6.42 Å². The van der Waals surface area contributed by atoms with Gasteiger partial charge in [0.25, 0.3) is 0 Å². The molecular formula is C12H14ClN3O. The minimum absolute atomic E-state index is 0.0701. The summed E-state index contributed by atoms with van der Waals surface area (Å²) in [6, 6.07) is 5.58. The summed E-state index contributed by atoms with van der Waals surface area (Å²) in [7, 11) is 0. The summed E-state index contributed by atoms with van der Waals surface area (Å²) in [6.45, 7) is 2.52. The van der Waals surface area contributed by atoms with Gasteiger partial charge in [0.1, 0.15) is 18.4 Å². The third-order valence-corrected chi connectivity index (χ3v) is 3.54. The highest BCUT2D eigenvalue weighted by molar-refractivity contribution is 6.31. The molecule has 1 fully saturated rings. The van der Waals surface area contributed by atoms with Gasteiger partial charge in [-0.1, -0.05) is 17.7 Å². The third-order valence-electron chi connectivity index (χ3n) is 3.21. The van der Waals surface area contributed by atoms with Gasteiger partial charge in [-0.2, -0.15) is 0 Å². The van der Waals surface area contributed by atoms with E-state index in [1.54, 1.807) is 0 Å². The molecule has 0 aliphatic carbocycles. The molecule has 4 nitrogen and oxygen atoms in total. The summed E-state index contributed by atoms with van der Waals surface area (Å²) in [5.41, 5.74) is 6.90.